The molecule has 130 valence electrons. The lowest BCUT2D eigenvalue weighted by molar-refractivity contribution is -0.132. The van der Waals surface area contributed by atoms with E-state index in [2.05, 4.69) is 48.5 Å². The standard InChI is InChI=1S/C23H27NO/c1-24(22(25)16-21-15-17-12-13-20(21)14-17)23(18-8-4-2-5-9-18)19-10-6-3-7-11-19/h2-11,17,20-21,23H,12-16H2,1H3/t17-,20+,21-/m0/s1. The van der Waals surface area contributed by atoms with Gasteiger partial charge < -0.3 is 4.90 Å². The molecule has 4 rings (SSSR count). The zero-order valence-corrected chi connectivity index (χ0v) is 15.0. The summed E-state index contributed by atoms with van der Waals surface area (Å²) in [6.07, 6.45) is 6.08. The van der Waals surface area contributed by atoms with Crippen molar-refractivity contribution in [2.45, 2.75) is 38.1 Å². The summed E-state index contributed by atoms with van der Waals surface area (Å²) in [6.45, 7) is 0. The van der Waals surface area contributed by atoms with E-state index >= 15 is 0 Å². The summed E-state index contributed by atoms with van der Waals surface area (Å²) < 4.78 is 0. The minimum Gasteiger partial charge on any atom is -0.335 e. The molecule has 2 saturated carbocycles. The number of carbonyl (C=O) groups excluding carboxylic acids is 1. The molecule has 0 N–H and O–H groups in total. The molecule has 0 aliphatic heterocycles. The van der Waals surface area contributed by atoms with Gasteiger partial charge in [-0.15, -0.1) is 0 Å². The molecule has 2 aromatic rings. The Labute approximate surface area is 150 Å². The Morgan fingerprint density at radius 2 is 1.56 bits per heavy atom. The molecule has 0 saturated heterocycles. The molecule has 2 aliphatic carbocycles. The van der Waals surface area contributed by atoms with Crippen LogP contribution in [0.2, 0.25) is 0 Å². The van der Waals surface area contributed by atoms with Crippen LogP contribution in [0.5, 0.6) is 0 Å². The van der Waals surface area contributed by atoms with Gasteiger partial charge in [0.05, 0.1) is 6.04 Å². The summed E-state index contributed by atoms with van der Waals surface area (Å²) >= 11 is 0. The topological polar surface area (TPSA) is 20.3 Å². The predicted octanol–water partition coefficient (Wildman–Crippen LogP) is 5.06. The van der Waals surface area contributed by atoms with E-state index in [9.17, 15) is 4.79 Å². The molecule has 3 atom stereocenters. The van der Waals surface area contributed by atoms with Gasteiger partial charge in [0.15, 0.2) is 0 Å². The van der Waals surface area contributed by atoms with E-state index in [4.69, 9.17) is 0 Å². The summed E-state index contributed by atoms with van der Waals surface area (Å²) in [6, 6.07) is 20.8. The minimum absolute atomic E-state index is 0.00603. The number of hydrogen-bond acceptors (Lipinski definition) is 1. The maximum atomic E-state index is 13.1. The average Bonchev–Trinajstić information content (AvgIpc) is 3.27. The SMILES string of the molecule is CN(C(=O)C[C@@H]1C[C@H]2CC[C@@H]1C2)C(c1ccccc1)c1ccccc1. The molecule has 2 aromatic carbocycles. The van der Waals surface area contributed by atoms with Gasteiger partial charge in [-0.25, -0.2) is 0 Å². The van der Waals surface area contributed by atoms with Crippen LogP contribution in [0.25, 0.3) is 0 Å². The first-order valence-corrected chi connectivity index (χ1v) is 9.58. The lowest BCUT2D eigenvalue weighted by Crippen LogP contribution is -2.34. The average molecular weight is 333 g/mol. The van der Waals surface area contributed by atoms with Crippen molar-refractivity contribution in [2.24, 2.45) is 17.8 Å². The van der Waals surface area contributed by atoms with Crippen molar-refractivity contribution in [1.29, 1.82) is 0 Å². The van der Waals surface area contributed by atoms with Gasteiger partial charge in [0, 0.05) is 13.5 Å². The third-order valence-corrected chi connectivity index (χ3v) is 6.33. The van der Waals surface area contributed by atoms with Crippen LogP contribution in [0, 0.1) is 17.8 Å². The van der Waals surface area contributed by atoms with Crippen LogP contribution in [0.15, 0.2) is 60.7 Å². The molecule has 2 bridgehead atoms. The van der Waals surface area contributed by atoms with Crippen molar-refractivity contribution in [3.63, 3.8) is 0 Å². The second-order valence-corrected chi connectivity index (χ2v) is 7.87. The molecule has 2 aliphatic rings. The lowest BCUT2D eigenvalue weighted by atomic mass is 9.86. The van der Waals surface area contributed by atoms with Crippen LogP contribution in [0.4, 0.5) is 0 Å². The van der Waals surface area contributed by atoms with Crippen LogP contribution in [0.3, 0.4) is 0 Å². The fourth-order valence-corrected chi connectivity index (χ4v) is 5.05. The molecule has 0 unspecified atom stereocenters. The molecule has 2 heteroatoms. The molecule has 0 heterocycles. The summed E-state index contributed by atoms with van der Waals surface area (Å²) in [5, 5.41) is 0. The highest BCUT2D eigenvalue weighted by molar-refractivity contribution is 5.77. The zero-order valence-electron chi connectivity index (χ0n) is 15.0. The molecule has 2 nitrogen and oxygen atoms in total. The Morgan fingerprint density at radius 3 is 2.04 bits per heavy atom. The lowest BCUT2D eigenvalue weighted by Gasteiger charge is -2.31. The monoisotopic (exact) mass is 333 g/mol. The van der Waals surface area contributed by atoms with Crippen LogP contribution in [0.1, 0.15) is 49.3 Å². The quantitative estimate of drug-likeness (QED) is 0.749. The molecule has 0 radical (unpaired) electrons. The normalized spacial score (nSPS) is 24.6. The number of amides is 1. The summed E-state index contributed by atoms with van der Waals surface area (Å²) in [4.78, 5) is 15.1. The Morgan fingerprint density at radius 1 is 0.960 bits per heavy atom. The third-order valence-electron chi connectivity index (χ3n) is 6.33. The van der Waals surface area contributed by atoms with E-state index in [0.717, 1.165) is 11.8 Å². The third kappa shape index (κ3) is 3.35. The molecule has 0 spiro atoms. The van der Waals surface area contributed by atoms with Crippen molar-refractivity contribution in [3.05, 3.63) is 71.8 Å². The molecule has 2 fully saturated rings. The number of carbonyl (C=O) groups is 1. The van der Waals surface area contributed by atoms with Gasteiger partial charge in [-0.1, -0.05) is 67.1 Å². The van der Waals surface area contributed by atoms with Crippen molar-refractivity contribution in [2.75, 3.05) is 7.05 Å². The minimum atomic E-state index is -0.00603. The first kappa shape index (κ1) is 16.4. The maximum Gasteiger partial charge on any atom is 0.223 e. The highest BCUT2D eigenvalue weighted by Gasteiger charge is 2.40. The number of hydrogen-bond donors (Lipinski definition) is 0. The van der Waals surface area contributed by atoms with Gasteiger partial charge in [-0.05, 0) is 48.1 Å². The molecule has 25 heavy (non-hydrogen) atoms. The number of fused-ring (bicyclic) bond motifs is 2. The second kappa shape index (κ2) is 7.03. The fraction of sp³-hybridized carbons (Fsp3) is 0.435. The van der Waals surface area contributed by atoms with Crippen LogP contribution < -0.4 is 0 Å². The highest BCUT2D eigenvalue weighted by atomic mass is 16.2. The Kier molecular flexibility index (Phi) is 4.61. The van der Waals surface area contributed by atoms with Crippen LogP contribution >= 0.6 is 0 Å². The van der Waals surface area contributed by atoms with Gasteiger partial charge >= 0.3 is 0 Å². The van der Waals surface area contributed by atoms with Gasteiger partial charge in [0.2, 0.25) is 5.91 Å². The smallest absolute Gasteiger partial charge is 0.223 e. The van der Waals surface area contributed by atoms with E-state index < -0.39 is 0 Å². The Balaban J connectivity index is 1.55. The predicted molar refractivity (Wildman–Crippen MR) is 101 cm³/mol. The van der Waals surface area contributed by atoms with E-state index in [1.165, 1.54) is 36.8 Å². The summed E-state index contributed by atoms with van der Waals surface area (Å²) in [5.41, 5.74) is 2.36. The van der Waals surface area contributed by atoms with E-state index in [1.54, 1.807) is 0 Å². The zero-order chi connectivity index (χ0) is 17.2. The van der Waals surface area contributed by atoms with Crippen molar-refractivity contribution < 1.29 is 4.79 Å². The Bertz CT molecular complexity index is 672. The van der Waals surface area contributed by atoms with Crippen molar-refractivity contribution >= 4 is 5.91 Å². The van der Waals surface area contributed by atoms with Gasteiger partial charge in [-0.3, -0.25) is 4.79 Å². The molecule has 0 aromatic heterocycles. The maximum absolute atomic E-state index is 13.1. The van der Waals surface area contributed by atoms with Gasteiger partial charge in [0.25, 0.3) is 0 Å². The van der Waals surface area contributed by atoms with Crippen molar-refractivity contribution in [1.82, 2.24) is 4.90 Å². The fourth-order valence-electron chi connectivity index (χ4n) is 5.05. The highest BCUT2D eigenvalue weighted by Crippen LogP contribution is 2.49. The van der Waals surface area contributed by atoms with E-state index in [1.807, 2.05) is 24.1 Å². The van der Waals surface area contributed by atoms with Crippen molar-refractivity contribution in [3.8, 4) is 0 Å². The first-order chi connectivity index (χ1) is 12.2. The van der Waals surface area contributed by atoms with E-state index in [-0.39, 0.29) is 11.9 Å². The molecule has 1 amide bonds. The summed E-state index contributed by atoms with van der Waals surface area (Å²) in [5.74, 6) is 2.59. The number of benzene rings is 2. The molecular formula is C23H27NO. The first-order valence-electron chi connectivity index (χ1n) is 9.58. The number of nitrogens with zero attached hydrogens (tertiary/aromatic N) is 1. The van der Waals surface area contributed by atoms with Gasteiger partial charge in [-0.2, -0.15) is 0 Å². The van der Waals surface area contributed by atoms with Crippen LogP contribution in [-0.4, -0.2) is 17.9 Å². The van der Waals surface area contributed by atoms with Crippen LogP contribution in [-0.2, 0) is 4.79 Å². The van der Waals surface area contributed by atoms with Gasteiger partial charge in [0.1, 0.15) is 0 Å². The molecular weight excluding hydrogens is 306 g/mol. The largest absolute Gasteiger partial charge is 0.335 e. The second-order valence-electron chi connectivity index (χ2n) is 7.87. The Hall–Kier alpha value is -2.09. The van der Waals surface area contributed by atoms with E-state index in [0.29, 0.717) is 12.3 Å². The summed E-state index contributed by atoms with van der Waals surface area (Å²) in [7, 11) is 1.97. The number of rotatable bonds is 5.